The van der Waals surface area contributed by atoms with E-state index < -0.39 is 24.1 Å². The van der Waals surface area contributed by atoms with E-state index in [9.17, 15) is 9.18 Å². The van der Waals surface area contributed by atoms with Crippen LogP contribution in [-0.4, -0.2) is 41.1 Å². The molecule has 2 heterocycles. The molecule has 1 aromatic heterocycles. The van der Waals surface area contributed by atoms with Gasteiger partial charge in [0, 0.05) is 31.4 Å². The molecular formula is C19H25BFN3O3. The van der Waals surface area contributed by atoms with Gasteiger partial charge < -0.3 is 14.2 Å². The molecule has 2 aromatic rings. The van der Waals surface area contributed by atoms with Gasteiger partial charge in [-0.15, -0.1) is 0 Å². The van der Waals surface area contributed by atoms with E-state index in [1.165, 1.54) is 15.6 Å². The molecule has 1 aromatic carbocycles. The molecule has 0 aliphatic carbocycles. The summed E-state index contributed by atoms with van der Waals surface area (Å²) < 4.78 is 28.3. The smallest absolute Gasteiger partial charge is 0.399 e. The van der Waals surface area contributed by atoms with Crippen molar-refractivity contribution in [2.75, 3.05) is 11.9 Å². The lowest BCUT2D eigenvalue weighted by Crippen LogP contribution is -2.41. The summed E-state index contributed by atoms with van der Waals surface area (Å²) in [6.07, 6.45) is 1.55. The number of halogens is 1. The van der Waals surface area contributed by atoms with E-state index in [-0.39, 0.29) is 5.91 Å². The summed E-state index contributed by atoms with van der Waals surface area (Å²) in [5.74, 6) is -0.736. The minimum Gasteiger partial charge on any atom is -0.399 e. The van der Waals surface area contributed by atoms with Crippen molar-refractivity contribution in [3.8, 4) is 0 Å². The fourth-order valence-electron chi connectivity index (χ4n) is 3.07. The van der Waals surface area contributed by atoms with Crippen LogP contribution in [0.1, 0.15) is 43.7 Å². The van der Waals surface area contributed by atoms with Crippen molar-refractivity contribution in [1.82, 2.24) is 9.78 Å². The van der Waals surface area contributed by atoms with Gasteiger partial charge in [-0.3, -0.25) is 9.48 Å². The summed E-state index contributed by atoms with van der Waals surface area (Å²) in [4.78, 5) is 14.1. The van der Waals surface area contributed by atoms with Gasteiger partial charge >= 0.3 is 7.12 Å². The summed E-state index contributed by atoms with van der Waals surface area (Å²) in [6.45, 7) is 9.52. The van der Waals surface area contributed by atoms with Crippen LogP contribution in [0, 0.1) is 12.7 Å². The quantitative estimate of drug-likeness (QED) is 0.776. The Morgan fingerprint density at radius 2 is 1.81 bits per heavy atom. The number of benzene rings is 1. The molecule has 0 atom stereocenters. The minimum absolute atomic E-state index is 0.263. The van der Waals surface area contributed by atoms with Gasteiger partial charge in [0.05, 0.1) is 11.2 Å². The molecule has 6 nitrogen and oxygen atoms in total. The van der Waals surface area contributed by atoms with E-state index in [2.05, 4.69) is 5.10 Å². The summed E-state index contributed by atoms with van der Waals surface area (Å²) in [7, 11) is 2.52. The Morgan fingerprint density at radius 1 is 1.22 bits per heavy atom. The van der Waals surface area contributed by atoms with E-state index in [0.717, 1.165) is 5.56 Å². The molecule has 1 aliphatic heterocycles. The molecule has 0 radical (unpaired) electrons. The Hall–Kier alpha value is -2.19. The van der Waals surface area contributed by atoms with Crippen LogP contribution in [-0.2, 0) is 16.4 Å². The molecule has 1 aliphatic rings. The standard InChI is InChI=1S/C19H25BFN3O3/c1-12-10-13(20-26-18(2,3)19(4,5)27-20)14(21)11-16(12)23(6)17(25)15-8-9-22-24(15)7/h8-11H,1-7H3. The van der Waals surface area contributed by atoms with Crippen molar-refractivity contribution in [3.63, 3.8) is 0 Å². The van der Waals surface area contributed by atoms with Crippen molar-refractivity contribution < 1.29 is 18.5 Å². The van der Waals surface area contributed by atoms with Crippen LogP contribution in [0.4, 0.5) is 10.1 Å². The third-order valence-corrected chi connectivity index (χ3v) is 5.53. The van der Waals surface area contributed by atoms with Crippen molar-refractivity contribution in [3.05, 3.63) is 41.5 Å². The molecule has 1 saturated heterocycles. The van der Waals surface area contributed by atoms with Crippen molar-refractivity contribution in [2.45, 2.75) is 45.8 Å². The lowest BCUT2D eigenvalue weighted by atomic mass is 9.77. The SMILES string of the molecule is Cc1cc(B2OC(C)(C)C(C)(C)O2)c(F)cc1N(C)C(=O)c1ccnn1C. The molecule has 0 spiro atoms. The van der Waals surface area contributed by atoms with E-state index in [1.807, 2.05) is 34.6 Å². The zero-order valence-electron chi connectivity index (χ0n) is 16.8. The monoisotopic (exact) mass is 373 g/mol. The number of hydrogen-bond donors (Lipinski definition) is 0. The van der Waals surface area contributed by atoms with Crippen molar-refractivity contribution >= 4 is 24.2 Å². The number of anilines is 1. The van der Waals surface area contributed by atoms with E-state index >= 15 is 0 Å². The highest BCUT2D eigenvalue weighted by Crippen LogP contribution is 2.37. The van der Waals surface area contributed by atoms with Gasteiger partial charge in [-0.1, -0.05) is 6.07 Å². The van der Waals surface area contributed by atoms with Crippen LogP contribution in [0.15, 0.2) is 24.4 Å². The Bertz CT molecular complexity index is 878. The van der Waals surface area contributed by atoms with E-state index in [1.54, 1.807) is 32.4 Å². The van der Waals surface area contributed by atoms with E-state index in [4.69, 9.17) is 9.31 Å². The largest absolute Gasteiger partial charge is 0.497 e. The van der Waals surface area contributed by atoms with Crippen LogP contribution < -0.4 is 10.4 Å². The van der Waals surface area contributed by atoms with Gasteiger partial charge in [0.1, 0.15) is 11.5 Å². The maximum Gasteiger partial charge on any atom is 0.497 e. The number of amides is 1. The number of aromatic nitrogens is 2. The van der Waals surface area contributed by atoms with Crippen molar-refractivity contribution in [2.24, 2.45) is 7.05 Å². The second-order valence-electron chi connectivity index (χ2n) is 7.95. The fraction of sp³-hybridized carbons (Fsp3) is 0.474. The Balaban J connectivity index is 1.92. The molecule has 144 valence electrons. The average molecular weight is 373 g/mol. The van der Waals surface area contributed by atoms with Gasteiger partial charge in [-0.25, -0.2) is 4.39 Å². The summed E-state index contributed by atoms with van der Waals surface area (Å²) in [5.41, 5.74) is 0.882. The zero-order chi connectivity index (χ0) is 20.1. The third kappa shape index (κ3) is 3.28. The highest BCUT2D eigenvalue weighted by atomic mass is 19.1. The van der Waals surface area contributed by atoms with Gasteiger partial charge in [0.25, 0.3) is 5.91 Å². The molecule has 0 unspecified atom stereocenters. The molecule has 0 N–H and O–H groups in total. The first-order valence-electron chi connectivity index (χ1n) is 8.86. The van der Waals surface area contributed by atoms with Crippen LogP contribution in [0.3, 0.4) is 0 Å². The minimum atomic E-state index is -0.791. The highest BCUT2D eigenvalue weighted by Gasteiger charge is 2.52. The lowest BCUT2D eigenvalue weighted by Gasteiger charge is -2.32. The molecule has 8 heteroatoms. The van der Waals surface area contributed by atoms with E-state index in [0.29, 0.717) is 16.8 Å². The van der Waals surface area contributed by atoms with Gasteiger partial charge in [0.15, 0.2) is 0 Å². The Kier molecular flexibility index (Phi) is 4.68. The predicted molar refractivity (Wildman–Crippen MR) is 103 cm³/mol. The predicted octanol–water partition coefficient (Wildman–Crippen LogP) is 2.44. The lowest BCUT2D eigenvalue weighted by molar-refractivity contribution is 0.00578. The third-order valence-electron chi connectivity index (χ3n) is 5.53. The second-order valence-corrected chi connectivity index (χ2v) is 7.95. The summed E-state index contributed by atoms with van der Waals surface area (Å²) in [6, 6.07) is 4.66. The Morgan fingerprint density at radius 3 is 2.33 bits per heavy atom. The van der Waals surface area contributed by atoms with Crippen LogP contribution in [0.25, 0.3) is 0 Å². The first-order valence-corrected chi connectivity index (χ1v) is 8.86. The second kappa shape index (κ2) is 6.46. The Labute approximate surface area is 159 Å². The molecule has 0 bridgehead atoms. The number of aryl methyl sites for hydroxylation is 2. The molecule has 1 fully saturated rings. The maximum atomic E-state index is 14.9. The topological polar surface area (TPSA) is 56.6 Å². The maximum absolute atomic E-state index is 14.9. The summed E-state index contributed by atoms with van der Waals surface area (Å²) >= 11 is 0. The van der Waals surface area contributed by atoms with Crippen molar-refractivity contribution in [1.29, 1.82) is 0 Å². The molecule has 27 heavy (non-hydrogen) atoms. The molecule has 3 rings (SSSR count). The molecule has 1 amide bonds. The number of carbonyl (C=O) groups excluding carboxylic acids is 1. The number of nitrogens with zero attached hydrogens (tertiary/aromatic N) is 3. The highest BCUT2D eigenvalue weighted by molar-refractivity contribution is 6.62. The van der Waals surface area contributed by atoms with Crippen LogP contribution in [0.2, 0.25) is 0 Å². The van der Waals surface area contributed by atoms with Gasteiger partial charge in [-0.05, 0) is 52.3 Å². The fourth-order valence-corrected chi connectivity index (χ4v) is 3.07. The summed E-state index contributed by atoms with van der Waals surface area (Å²) in [5, 5.41) is 4.01. The van der Waals surface area contributed by atoms with Gasteiger partial charge in [-0.2, -0.15) is 5.10 Å². The number of hydrogen-bond acceptors (Lipinski definition) is 4. The normalized spacial score (nSPS) is 18.0. The first kappa shape index (κ1) is 19.6. The molecular weight excluding hydrogens is 348 g/mol. The van der Waals surface area contributed by atoms with Gasteiger partial charge in [0.2, 0.25) is 0 Å². The van der Waals surface area contributed by atoms with Crippen LogP contribution >= 0.6 is 0 Å². The number of carbonyl (C=O) groups is 1. The first-order chi connectivity index (χ1) is 12.4. The average Bonchev–Trinajstić information content (AvgIpc) is 3.08. The number of rotatable bonds is 3. The zero-order valence-corrected chi connectivity index (χ0v) is 16.8. The molecule has 0 saturated carbocycles. The van der Waals surface area contributed by atoms with Crippen LogP contribution in [0.5, 0.6) is 0 Å².